The molecule has 0 unspecified atom stereocenters. The van der Waals surface area contributed by atoms with Gasteiger partial charge in [-0.05, 0) is 24.3 Å². The van der Waals surface area contributed by atoms with Crippen molar-refractivity contribution in [1.82, 2.24) is 4.98 Å². The molecule has 0 aliphatic carbocycles. The minimum atomic E-state index is 0.284. The molecule has 0 bridgehead atoms. The van der Waals surface area contributed by atoms with Crippen LogP contribution in [0.15, 0.2) is 48.7 Å². The highest BCUT2D eigenvalue weighted by atomic mass is 32.1. The Morgan fingerprint density at radius 1 is 1.21 bits per heavy atom. The Balaban J connectivity index is 1.85. The van der Waals surface area contributed by atoms with E-state index in [0.717, 1.165) is 11.4 Å². The standard InChI is InChI=1S/C14H15N3OS/c15-14(19)13-12(7-4-8-17-13)16-9-10-18-11-5-2-1-3-6-11/h1-8,16H,9-10H2,(H2,15,19). The number of nitrogens with two attached hydrogens (primary N) is 1. The van der Waals surface area contributed by atoms with Gasteiger partial charge in [0.25, 0.3) is 0 Å². The predicted octanol–water partition coefficient (Wildman–Crippen LogP) is 2.21. The van der Waals surface area contributed by atoms with Crippen LogP contribution in [0.5, 0.6) is 5.75 Å². The Labute approximate surface area is 117 Å². The lowest BCUT2D eigenvalue weighted by molar-refractivity contribution is 0.333. The topological polar surface area (TPSA) is 60.2 Å². The van der Waals surface area contributed by atoms with E-state index in [1.165, 1.54) is 0 Å². The number of hydrogen-bond donors (Lipinski definition) is 2. The summed E-state index contributed by atoms with van der Waals surface area (Å²) in [6.45, 7) is 1.20. The summed E-state index contributed by atoms with van der Waals surface area (Å²) in [5.41, 5.74) is 7.04. The van der Waals surface area contributed by atoms with Gasteiger partial charge in [-0.2, -0.15) is 0 Å². The second-order valence-corrected chi connectivity index (χ2v) is 4.29. The van der Waals surface area contributed by atoms with E-state index >= 15 is 0 Å². The molecule has 5 heteroatoms. The molecule has 0 aliphatic rings. The Morgan fingerprint density at radius 3 is 2.74 bits per heavy atom. The van der Waals surface area contributed by atoms with Crippen molar-refractivity contribution in [2.75, 3.05) is 18.5 Å². The van der Waals surface area contributed by atoms with Gasteiger partial charge in [0.1, 0.15) is 23.0 Å². The van der Waals surface area contributed by atoms with Crippen LogP contribution in [0.4, 0.5) is 5.69 Å². The van der Waals surface area contributed by atoms with E-state index in [4.69, 9.17) is 22.7 Å². The quantitative estimate of drug-likeness (QED) is 0.624. The molecule has 2 rings (SSSR count). The van der Waals surface area contributed by atoms with Crippen molar-refractivity contribution in [3.63, 3.8) is 0 Å². The van der Waals surface area contributed by atoms with Gasteiger partial charge in [-0.1, -0.05) is 30.4 Å². The third kappa shape index (κ3) is 3.93. The van der Waals surface area contributed by atoms with Crippen LogP contribution in [0.25, 0.3) is 0 Å². The highest BCUT2D eigenvalue weighted by molar-refractivity contribution is 7.80. The largest absolute Gasteiger partial charge is 0.492 e. The number of pyridine rings is 1. The number of ether oxygens (including phenoxy) is 1. The lowest BCUT2D eigenvalue weighted by Crippen LogP contribution is -2.17. The molecule has 0 saturated heterocycles. The molecule has 3 N–H and O–H groups in total. The molecule has 0 fully saturated rings. The van der Waals surface area contributed by atoms with Crippen LogP contribution in [0.3, 0.4) is 0 Å². The molecular formula is C14H15N3OS. The Bertz CT molecular complexity index is 545. The van der Waals surface area contributed by atoms with Crippen LogP contribution in [-0.4, -0.2) is 23.1 Å². The Morgan fingerprint density at radius 2 is 2.00 bits per heavy atom. The maximum absolute atomic E-state index is 5.61. The molecule has 0 spiro atoms. The zero-order valence-electron chi connectivity index (χ0n) is 10.4. The molecular weight excluding hydrogens is 258 g/mol. The van der Waals surface area contributed by atoms with Crippen molar-refractivity contribution >= 4 is 22.9 Å². The van der Waals surface area contributed by atoms with Gasteiger partial charge in [0.2, 0.25) is 0 Å². The number of anilines is 1. The minimum absolute atomic E-state index is 0.284. The number of hydrogen-bond acceptors (Lipinski definition) is 4. The Hall–Kier alpha value is -2.14. The van der Waals surface area contributed by atoms with Crippen molar-refractivity contribution < 1.29 is 4.74 Å². The van der Waals surface area contributed by atoms with Crippen molar-refractivity contribution in [1.29, 1.82) is 0 Å². The van der Waals surface area contributed by atoms with Crippen LogP contribution in [-0.2, 0) is 0 Å². The monoisotopic (exact) mass is 273 g/mol. The smallest absolute Gasteiger partial charge is 0.124 e. The van der Waals surface area contributed by atoms with Gasteiger partial charge in [0.15, 0.2) is 0 Å². The molecule has 1 heterocycles. The SMILES string of the molecule is NC(=S)c1ncccc1NCCOc1ccccc1. The number of para-hydroxylation sites is 1. The van der Waals surface area contributed by atoms with E-state index in [1.807, 2.05) is 42.5 Å². The lowest BCUT2D eigenvalue weighted by atomic mass is 10.3. The van der Waals surface area contributed by atoms with Gasteiger partial charge in [-0.3, -0.25) is 4.98 Å². The molecule has 98 valence electrons. The zero-order valence-corrected chi connectivity index (χ0v) is 11.2. The van der Waals surface area contributed by atoms with Crippen LogP contribution < -0.4 is 15.8 Å². The number of nitrogens with one attached hydrogen (secondary N) is 1. The predicted molar refractivity (Wildman–Crippen MR) is 80.6 cm³/mol. The molecule has 0 radical (unpaired) electrons. The third-order valence-corrected chi connectivity index (χ3v) is 2.66. The molecule has 19 heavy (non-hydrogen) atoms. The van der Waals surface area contributed by atoms with Gasteiger partial charge in [0.05, 0.1) is 5.69 Å². The van der Waals surface area contributed by atoms with E-state index in [9.17, 15) is 0 Å². The van der Waals surface area contributed by atoms with Crippen LogP contribution in [0, 0.1) is 0 Å². The van der Waals surface area contributed by atoms with Crippen LogP contribution in [0.2, 0.25) is 0 Å². The van der Waals surface area contributed by atoms with Crippen molar-refractivity contribution in [3.8, 4) is 5.75 Å². The lowest BCUT2D eigenvalue weighted by Gasteiger charge is -2.11. The van der Waals surface area contributed by atoms with Gasteiger partial charge in [-0.25, -0.2) is 0 Å². The summed E-state index contributed by atoms with van der Waals surface area (Å²) in [5, 5.41) is 3.21. The molecule has 1 aromatic carbocycles. The molecule has 0 saturated carbocycles. The van der Waals surface area contributed by atoms with Crippen molar-refractivity contribution in [2.45, 2.75) is 0 Å². The molecule has 4 nitrogen and oxygen atoms in total. The number of rotatable bonds is 6. The normalized spacial score (nSPS) is 9.89. The van der Waals surface area contributed by atoms with Gasteiger partial charge >= 0.3 is 0 Å². The van der Waals surface area contributed by atoms with E-state index in [2.05, 4.69) is 10.3 Å². The fraction of sp³-hybridized carbons (Fsp3) is 0.143. The summed E-state index contributed by atoms with van der Waals surface area (Å²) in [6, 6.07) is 13.4. The summed E-state index contributed by atoms with van der Waals surface area (Å²) in [6.07, 6.45) is 1.67. The number of thiocarbonyl (C=S) groups is 1. The van der Waals surface area contributed by atoms with Crippen molar-refractivity contribution in [2.24, 2.45) is 5.73 Å². The summed E-state index contributed by atoms with van der Waals surface area (Å²) in [7, 11) is 0. The summed E-state index contributed by atoms with van der Waals surface area (Å²) < 4.78 is 5.58. The number of benzene rings is 1. The maximum atomic E-state index is 5.61. The highest BCUT2D eigenvalue weighted by Crippen LogP contribution is 2.12. The second kappa shape index (κ2) is 6.70. The first-order chi connectivity index (χ1) is 9.27. The first-order valence-corrected chi connectivity index (χ1v) is 6.35. The molecule has 0 atom stereocenters. The first-order valence-electron chi connectivity index (χ1n) is 5.94. The fourth-order valence-corrected chi connectivity index (χ4v) is 1.78. The van der Waals surface area contributed by atoms with E-state index in [1.54, 1.807) is 6.20 Å². The molecule has 0 aliphatic heterocycles. The minimum Gasteiger partial charge on any atom is -0.492 e. The average Bonchev–Trinajstić information content (AvgIpc) is 2.45. The zero-order chi connectivity index (χ0) is 13.5. The molecule has 0 amide bonds. The van der Waals surface area contributed by atoms with E-state index in [-0.39, 0.29) is 4.99 Å². The fourth-order valence-electron chi connectivity index (χ4n) is 1.62. The number of nitrogens with zero attached hydrogens (tertiary/aromatic N) is 1. The summed E-state index contributed by atoms with van der Waals surface area (Å²) in [4.78, 5) is 4.43. The summed E-state index contributed by atoms with van der Waals surface area (Å²) in [5.74, 6) is 0.852. The second-order valence-electron chi connectivity index (χ2n) is 3.85. The highest BCUT2D eigenvalue weighted by Gasteiger charge is 2.04. The van der Waals surface area contributed by atoms with E-state index in [0.29, 0.717) is 18.8 Å². The van der Waals surface area contributed by atoms with Crippen LogP contribution >= 0.6 is 12.2 Å². The number of aromatic nitrogens is 1. The van der Waals surface area contributed by atoms with E-state index < -0.39 is 0 Å². The van der Waals surface area contributed by atoms with Crippen molar-refractivity contribution in [3.05, 3.63) is 54.4 Å². The molecule has 2 aromatic rings. The average molecular weight is 273 g/mol. The Kier molecular flexibility index (Phi) is 4.69. The first kappa shape index (κ1) is 13.3. The maximum Gasteiger partial charge on any atom is 0.124 e. The van der Waals surface area contributed by atoms with Gasteiger partial charge < -0.3 is 15.8 Å². The van der Waals surface area contributed by atoms with Crippen LogP contribution in [0.1, 0.15) is 5.69 Å². The summed E-state index contributed by atoms with van der Waals surface area (Å²) >= 11 is 4.95. The third-order valence-electron chi connectivity index (χ3n) is 2.47. The van der Waals surface area contributed by atoms with Gasteiger partial charge in [-0.15, -0.1) is 0 Å². The molecule has 1 aromatic heterocycles. The van der Waals surface area contributed by atoms with Gasteiger partial charge in [0, 0.05) is 12.7 Å².